The van der Waals surface area contributed by atoms with Crippen molar-refractivity contribution in [3.05, 3.63) is 0 Å². The highest BCUT2D eigenvalue weighted by Crippen LogP contribution is 2.44. The Morgan fingerprint density at radius 1 is 1.25 bits per heavy atom. The molecule has 0 aromatic rings. The van der Waals surface area contributed by atoms with Crippen LogP contribution in [0.4, 0.5) is 0 Å². The molecule has 4 unspecified atom stereocenters. The van der Waals surface area contributed by atoms with Crippen molar-refractivity contribution in [1.82, 2.24) is 5.32 Å². The molecule has 0 aromatic carbocycles. The molecule has 1 heterocycles. The topological polar surface area (TPSA) is 12.0 Å². The van der Waals surface area contributed by atoms with E-state index in [0.29, 0.717) is 0 Å². The Morgan fingerprint density at radius 3 is 2.12 bits per heavy atom. The first-order chi connectivity index (χ1) is 3.80. The maximum Gasteiger partial charge on any atom is 0.0138 e. The van der Waals surface area contributed by atoms with Crippen molar-refractivity contribution in [3.63, 3.8) is 0 Å². The molecule has 2 rings (SSSR count). The molecule has 1 aliphatic carbocycles. The molecule has 1 saturated carbocycles. The van der Waals surface area contributed by atoms with E-state index in [1.54, 1.807) is 0 Å². The highest BCUT2D eigenvalue weighted by atomic mass is 15.1. The fourth-order valence-electron chi connectivity index (χ4n) is 2.05. The maximum absolute atomic E-state index is 3.43. The molecule has 0 bridgehead atoms. The summed E-state index contributed by atoms with van der Waals surface area (Å²) in [5.41, 5.74) is 0. The zero-order valence-electron chi connectivity index (χ0n) is 5.52. The van der Waals surface area contributed by atoms with E-state index in [9.17, 15) is 0 Å². The monoisotopic (exact) mass is 111 g/mol. The Labute approximate surface area is 50.5 Å². The molecule has 1 nitrogen and oxygen atoms in total. The van der Waals surface area contributed by atoms with Crippen LogP contribution in [0.5, 0.6) is 0 Å². The Bertz CT molecular complexity index is 85.0. The van der Waals surface area contributed by atoms with Crippen molar-refractivity contribution in [3.8, 4) is 0 Å². The first kappa shape index (κ1) is 4.80. The van der Waals surface area contributed by atoms with Gasteiger partial charge < -0.3 is 5.32 Å². The lowest BCUT2D eigenvalue weighted by atomic mass is 9.58. The smallest absolute Gasteiger partial charge is 0.0138 e. The second kappa shape index (κ2) is 1.27. The molecule has 8 heavy (non-hydrogen) atoms. The summed E-state index contributed by atoms with van der Waals surface area (Å²) in [4.78, 5) is 0. The van der Waals surface area contributed by atoms with Crippen LogP contribution >= 0.6 is 0 Å². The SMILES string of the molecule is CC1C(C)C2NCC12. The Morgan fingerprint density at radius 2 is 2.00 bits per heavy atom. The van der Waals surface area contributed by atoms with Gasteiger partial charge in [0.2, 0.25) is 0 Å². The van der Waals surface area contributed by atoms with E-state index in [0.717, 1.165) is 23.8 Å². The van der Waals surface area contributed by atoms with E-state index < -0.39 is 0 Å². The predicted molar refractivity (Wildman–Crippen MR) is 33.6 cm³/mol. The highest BCUT2D eigenvalue weighted by Gasteiger charge is 2.50. The summed E-state index contributed by atoms with van der Waals surface area (Å²) in [7, 11) is 0. The van der Waals surface area contributed by atoms with E-state index in [2.05, 4.69) is 19.2 Å². The van der Waals surface area contributed by atoms with Gasteiger partial charge in [-0.25, -0.2) is 0 Å². The fourth-order valence-corrected chi connectivity index (χ4v) is 2.05. The van der Waals surface area contributed by atoms with Crippen LogP contribution in [-0.2, 0) is 0 Å². The number of hydrogen-bond donors (Lipinski definition) is 1. The van der Waals surface area contributed by atoms with Crippen LogP contribution in [-0.4, -0.2) is 12.6 Å². The number of fused-ring (bicyclic) bond motifs is 1. The molecular formula is C7H13N. The van der Waals surface area contributed by atoms with E-state index >= 15 is 0 Å². The zero-order valence-corrected chi connectivity index (χ0v) is 5.52. The lowest BCUT2D eigenvalue weighted by molar-refractivity contribution is -0.0316. The molecule has 1 N–H and O–H groups in total. The Balaban J connectivity index is 2.03. The Hall–Kier alpha value is -0.0400. The summed E-state index contributed by atoms with van der Waals surface area (Å²) in [5.74, 6) is 3.00. The summed E-state index contributed by atoms with van der Waals surface area (Å²) in [6, 6.07) is 0.907. The average Bonchev–Trinajstić information content (AvgIpc) is 1.64. The molecule has 1 aliphatic heterocycles. The van der Waals surface area contributed by atoms with Crippen LogP contribution in [0.3, 0.4) is 0 Å². The third kappa shape index (κ3) is 0.334. The minimum absolute atomic E-state index is 0.907. The van der Waals surface area contributed by atoms with Gasteiger partial charge in [0.1, 0.15) is 0 Å². The van der Waals surface area contributed by atoms with Crippen molar-refractivity contribution >= 4 is 0 Å². The van der Waals surface area contributed by atoms with Crippen molar-refractivity contribution in [2.24, 2.45) is 17.8 Å². The van der Waals surface area contributed by atoms with Gasteiger partial charge in [-0.15, -0.1) is 0 Å². The second-order valence-electron chi connectivity index (χ2n) is 3.32. The lowest BCUT2D eigenvalue weighted by Gasteiger charge is -2.58. The fraction of sp³-hybridized carbons (Fsp3) is 1.00. The maximum atomic E-state index is 3.43. The number of hydrogen-bond acceptors (Lipinski definition) is 1. The standard InChI is InChI=1S/C7H13N/c1-4-5(2)7-6(4)3-8-7/h4-8H,3H2,1-2H3. The molecule has 0 radical (unpaired) electrons. The van der Waals surface area contributed by atoms with Gasteiger partial charge in [-0.1, -0.05) is 13.8 Å². The normalized spacial score (nSPS) is 60.8. The molecule has 4 atom stereocenters. The van der Waals surface area contributed by atoms with Gasteiger partial charge in [-0.2, -0.15) is 0 Å². The summed E-state index contributed by atoms with van der Waals surface area (Å²) >= 11 is 0. The minimum atomic E-state index is 0.907. The first-order valence-electron chi connectivity index (χ1n) is 3.54. The van der Waals surface area contributed by atoms with Gasteiger partial charge in [0.05, 0.1) is 0 Å². The van der Waals surface area contributed by atoms with Crippen LogP contribution in [0.1, 0.15) is 13.8 Å². The van der Waals surface area contributed by atoms with E-state index in [1.165, 1.54) is 6.54 Å². The third-order valence-electron chi connectivity index (χ3n) is 3.12. The van der Waals surface area contributed by atoms with E-state index in [4.69, 9.17) is 0 Å². The predicted octanol–water partition coefficient (Wildman–Crippen LogP) is 0.860. The molecule has 0 spiro atoms. The van der Waals surface area contributed by atoms with Gasteiger partial charge in [-0.05, 0) is 24.3 Å². The first-order valence-corrected chi connectivity index (χ1v) is 3.54. The van der Waals surface area contributed by atoms with Crippen molar-refractivity contribution in [2.45, 2.75) is 19.9 Å². The molecule has 46 valence electrons. The molecule has 2 aliphatic rings. The summed E-state index contributed by atoms with van der Waals surface area (Å²) < 4.78 is 0. The summed E-state index contributed by atoms with van der Waals surface area (Å²) in [5, 5.41) is 3.43. The van der Waals surface area contributed by atoms with Crippen LogP contribution in [0.25, 0.3) is 0 Å². The molecule has 1 heteroatoms. The van der Waals surface area contributed by atoms with Gasteiger partial charge in [0.15, 0.2) is 0 Å². The van der Waals surface area contributed by atoms with Gasteiger partial charge in [0, 0.05) is 6.04 Å². The van der Waals surface area contributed by atoms with Crippen molar-refractivity contribution in [1.29, 1.82) is 0 Å². The van der Waals surface area contributed by atoms with E-state index in [1.807, 2.05) is 0 Å². The lowest BCUT2D eigenvalue weighted by Crippen LogP contribution is -2.69. The summed E-state index contributed by atoms with van der Waals surface area (Å²) in [6.07, 6.45) is 0. The quantitative estimate of drug-likeness (QED) is 0.489. The Kier molecular flexibility index (Phi) is 0.762. The number of nitrogens with one attached hydrogen (secondary N) is 1. The van der Waals surface area contributed by atoms with Gasteiger partial charge in [0.25, 0.3) is 0 Å². The van der Waals surface area contributed by atoms with Gasteiger partial charge >= 0.3 is 0 Å². The van der Waals surface area contributed by atoms with Crippen LogP contribution < -0.4 is 5.32 Å². The summed E-state index contributed by atoms with van der Waals surface area (Å²) in [6.45, 7) is 6.00. The third-order valence-corrected chi connectivity index (χ3v) is 3.12. The average molecular weight is 111 g/mol. The van der Waals surface area contributed by atoms with Crippen LogP contribution in [0, 0.1) is 17.8 Å². The van der Waals surface area contributed by atoms with Crippen molar-refractivity contribution < 1.29 is 0 Å². The molecule has 0 aromatic heterocycles. The van der Waals surface area contributed by atoms with Crippen LogP contribution in [0.2, 0.25) is 0 Å². The highest BCUT2D eigenvalue weighted by molar-refractivity contribution is 5.05. The number of piperidine rings is 1. The second-order valence-corrected chi connectivity index (χ2v) is 3.32. The minimum Gasteiger partial charge on any atom is -0.313 e. The molecule has 0 amide bonds. The van der Waals surface area contributed by atoms with Gasteiger partial charge in [-0.3, -0.25) is 0 Å². The molecule has 1 saturated heterocycles. The molecule has 2 fully saturated rings. The number of rotatable bonds is 0. The molecular weight excluding hydrogens is 98.1 g/mol. The van der Waals surface area contributed by atoms with Crippen molar-refractivity contribution in [2.75, 3.05) is 6.54 Å². The van der Waals surface area contributed by atoms with Crippen LogP contribution in [0.15, 0.2) is 0 Å². The van der Waals surface area contributed by atoms with E-state index in [-0.39, 0.29) is 0 Å². The zero-order chi connectivity index (χ0) is 5.72. The largest absolute Gasteiger partial charge is 0.313 e.